The first kappa shape index (κ1) is 19.0. The summed E-state index contributed by atoms with van der Waals surface area (Å²) in [6.45, 7) is 0.561. The highest BCUT2D eigenvalue weighted by atomic mass is 32.1. The Hall–Kier alpha value is -2.80. The number of imide groups is 1. The Kier molecular flexibility index (Phi) is 5.23. The first-order valence-corrected chi connectivity index (χ1v) is 9.38. The maximum atomic E-state index is 12.5. The molecule has 2 heterocycles. The summed E-state index contributed by atoms with van der Waals surface area (Å²) in [7, 11) is 0. The number of hydrogen-bond acceptors (Lipinski definition) is 8. The minimum absolute atomic E-state index is 0.341. The van der Waals surface area contributed by atoms with E-state index in [0.29, 0.717) is 23.5 Å². The summed E-state index contributed by atoms with van der Waals surface area (Å²) in [5.41, 5.74) is -0.207. The topological polar surface area (TPSA) is 129 Å². The lowest BCUT2D eigenvalue weighted by Crippen LogP contribution is -2.44. The SMILES string of the molecule is Cc1csc([C@H](C#N)C(=O)COC(=O)CN2C(=O)NC3(CCCC3)C2=O)n1. The molecule has 1 saturated heterocycles. The van der Waals surface area contributed by atoms with Crippen LogP contribution in [0.3, 0.4) is 0 Å². The molecule has 2 fully saturated rings. The van der Waals surface area contributed by atoms with Gasteiger partial charge in [0.15, 0.2) is 18.3 Å². The van der Waals surface area contributed by atoms with E-state index in [0.717, 1.165) is 17.7 Å². The number of hydrogen-bond donors (Lipinski definition) is 1. The third kappa shape index (κ3) is 3.68. The second kappa shape index (κ2) is 7.44. The number of nitrogens with one attached hydrogen (secondary N) is 1. The smallest absolute Gasteiger partial charge is 0.326 e. The van der Waals surface area contributed by atoms with Crippen molar-refractivity contribution in [2.45, 2.75) is 44.1 Å². The van der Waals surface area contributed by atoms with Crippen LogP contribution in [0.1, 0.15) is 42.3 Å². The van der Waals surface area contributed by atoms with Gasteiger partial charge in [0.05, 0.1) is 6.07 Å². The zero-order chi connectivity index (χ0) is 19.6. The number of carbonyl (C=O) groups is 4. The van der Waals surface area contributed by atoms with Crippen molar-refractivity contribution in [1.82, 2.24) is 15.2 Å². The monoisotopic (exact) mass is 390 g/mol. The van der Waals surface area contributed by atoms with Gasteiger partial charge in [0, 0.05) is 11.1 Å². The van der Waals surface area contributed by atoms with Crippen LogP contribution in [0, 0.1) is 18.3 Å². The van der Waals surface area contributed by atoms with Gasteiger partial charge in [-0.25, -0.2) is 9.78 Å². The highest BCUT2D eigenvalue weighted by Gasteiger charge is 2.52. The molecule has 142 valence electrons. The van der Waals surface area contributed by atoms with Crippen molar-refractivity contribution in [1.29, 1.82) is 5.26 Å². The van der Waals surface area contributed by atoms with Crippen molar-refractivity contribution in [3.05, 3.63) is 16.1 Å². The van der Waals surface area contributed by atoms with Gasteiger partial charge in [0.2, 0.25) is 0 Å². The average Bonchev–Trinajstić information content (AvgIpc) is 3.32. The lowest BCUT2D eigenvalue weighted by molar-refractivity contribution is -0.150. The molecule has 2 aliphatic rings. The molecule has 1 aliphatic heterocycles. The normalized spacial score (nSPS) is 19.0. The largest absolute Gasteiger partial charge is 0.456 e. The zero-order valence-electron chi connectivity index (χ0n) is 14.7. The standard InChI is InChI=1S/C17H18N4O5S/c1-10-9-27-14(19-10)11(6-18)12(22)8-26-13(23)7-21-15(24)17(20-16(21)25)4-2-3-5-17/h9,11H,2-5,7-8H2,1H3,(H,20,25)/t11-/m1/s1. The molecule has 1 spiro atoms. The minimum atomic E-state index is -1.12. The summed E-state index contributed by atoms with van der Waals surface area (Å²) in [5, 5.41) is 13.9. The summed E-state index contributed by atoms with van der Waals surface area (Å²) in [6, 6.07) is 1.23. The van der Waals surface area contributed by atoms with Crippen molar-refractivity contribution in [2.75, 3.05) is 13.2 Å². The molecule has 9 nitrogen and oxygen atoms in total. The van der Waals surface area contributed by atoms with Gasteiger partial charge in [-0.3, -0.25) is 19.3 Å². The van der Waals surface area contributed by atoms with Crippen molar-refractivity contribution in [3.8, 4) is 6.07 Å². The van der Waals surface area contributed by atoms with E-state index >= 15 is 0 Å². The first-order chi connectivity index (χ1) is 12.9. The lowest BCUT2D eigenvalue weighted by Gasteiger charge is -2.19. The van der Waals surface area contributed by atoms with Crippen LogP contribution in [-0.2, 0) is 19.1 Å². The van der Waals surface area contributed by atoms with Crippen LogP contribution in [0.4, 0.5) is 4.79 Å². The van der Waals surface area contributed by atoms with E-state index < -0.39 is 48.3 Å². The summed E-state index contributed by atoms with van der Waals surface area (Å²) >= 11 is 1.18. The molecule has 1 aromatic heterocycles. The van der Waals surface area contributed by atoms with Gasteiger partial charge in [0.25, 0.3) is 5.91 Å². The van der Waals surface area contributed by atoms with Crippen molar-refractivity contribution in [2.24, 2.45) is 0 Å². The second-order valence-electron chi connectivity index (χ2n) is 6.63. The van der Waals surface area contributed by atoms with E-state index in [1.807, 2.05) is 6.07 Å². The van der Waals surface area contributed by atoms with Crippen LogP contribution in [0.5, 0.6) is 0 Å². The molecule has 0 aromatic carbocycles. The molecule has 3 amide bonds. The Morgan fingerprint density at radius 1 is 1.44 bits per heavy atom. The van der Waals surface area contributed by atoms with Crippen molar-refractivity contribution in [3.63, 3.8) is 0 Å². The molecule has 1 aromatic rings. The van der Waals surface area contributed by atoms with Crippen LogP contribution < -0.4 is 5.32 Å². The number of nitrogens with zero attached hydrogens (tertiary/aromatic N) is 3. The Bertz CT molecular complexity index is 837. The number of urea groups is 1. The van der Waals surface area contributed by atoms with E-state index in [2.05, 4.69) is 10.3 Å². The molecule has 27 heavy (non-hydrogen) atoms. The fraction of sp³-hybridized carbons (Fsp3) is 0.529. The Balaban J connectivity index is 1.55. The van der Waals surface area contributed by atoms with Gasteiger partial charge in [-0.1, -0.05) is 12.8 Å². The van der Waals surface area contributed by atoms with Crippen LogP contribution in [0.15, 0.2) is 5.38 Å². The molecule has 1 aliphatic carbocycles. The van der Waals surface area contributed by atoms with E-state index in [-0.39, 0.29) is 0 Å². The number of thiazole rings is 1. The zero-order valence-corrected chi connectivity index (χ0v) is 15.5. The number of esters is 1. The predicted molar refractivity (Wildman–Crippen MR) is 92.6 cm³/mol. The molecular formula is C17H18N4O5S. The molecule has 3 rings (SSSR count). The Morgan fingerprint density at radius 3 is 2.74 bits per heavy atom. The fourth-order valence-electron chi connectivity index (χ4n) is 3.32. The second-order valence-corrected chi connectivity index (χ2v) is 7.52. The van der Waals surface area contributed by atoms with Gasteiger partial charge in [-0.2, -0.15) is 5.26 Å². The number of ether oxygens (including phenoxy) is 1. The van der Waals surface area contributed by atoms with E-state index in [4.69, 9.17) is 4.74 Å². The summed E-state index contributed by atoms with van der Waals surface area (Å²) < 4.78 is 4.89. The number of amides is 3. The van der Waals surface area contributed by atoms with Crippen molar-refractivity contribution < 1.29 is 23.9 Å². The van der Waals surface area contributed by atoms with Crippen LogP contribution in [0.2, 0.25) is 0 Å². The predicted octanol–water partition coefficient (Wildman–Crippen LogP) is 1.04. The van der Waals surface area contributed by atoms with Gasteiger partial charge in [0.1, 0.15) is 17.1 Å². The summed E-state index contributed by atoms with van der Waals surface area (Å²) in [6.07, 6.45) is 2.78. The van der Waals surface area contributed by atoms with E-state index in [1.54, 1.807) is 12.3 Å². The number of aryl methyl sites for hydroxylation is 1. The molecule has 1 N–H and O–H groups in total. The quantitative estimate of drug-likeness (QED) is 0.567. The average molecular weight is 390 g/mol. The van der Waals surface area contributed by atoms with Crippen LogP contribution in [-0.4, -0.2) is 52.3 Å². The minimum Gasteiger partial charge on any atom is -0.456 e. The third-order valence-corrected chi connectivity index (χ3v) is 5.73. The fourth-order valence-corrected chi connectivity index (χ4v) is 4.18. The van der Waals surface area contributed by atoms with Crippen LogP contribution >= 0.6 is 11.3 Å². The summed E-state index contributed by atoms with van der Waals surface area (Å²) in [4.78, 5) is 53.6. The third-order valence-electron chi connectivity index (χ3n) is 4.70. The Labute approximate surface area is 159 Å². The molecule has 1 saturated carbocycles. The van der Waals surface area contributed by atoms with Crippen LogP contribution in [0.25, 0.3) is 0 Å². The highest BCUT2D eigenvalue weighted by molar-refractivity contribution is 7.09. The van der Waals surface area contributed by atoms with Gasteiger partial charge in [-0.05, 0) is 19.8 Å². The molecule has 10 heteroatoms. The number of aromatic nitrogens is 1. The van der Waals surface area contributed by atoms with Crippen molar-refractivity contribution >= 4 is 35.0 Å². The molecule has 0 radical (unpaired) electrons. The van der Waals surface area contributed by atoms with Gasteiger partial charge in [-0.15, -0.1) is 11.3 Å². The van der Waals surface area contributed by atoms with E-state index in [1.165, 1.54) is 11.3 Å². The lowest BCUT2D eigenvalue weighted by atomic mass is 9.98. The number of nitriles is 1. The number of Topliss-reactive ketones (excluding diaryl/α,β-unsaturated/α-hetero) is 1. The van der Waals surface area contributed by atoms with Gasteiger partial charge < -0.3 is 10.1 Å². The molecule has 1 atom stereocenters. The maximum Gasteiger partial charge on any atom is 0.326 e. The highest BCUT2D eigenvalue weighted by Crippen LogP contribution is 2.34. The summed E-state index contributed by atoms with van der Waals surface area (Å²) in [5.74, 6) is -3.03. The number of rotatable bonds is 6. The maximum absolute atomic E-state index is 12.5. The molecular weight excluding hydrogens is 372 g/mol. The number of ketones is 1. The van der Waals surface area contributed by atoms with Gasteiger partial charge >= 0.3 is 12.0 Å². The van der Waals surface area contributed by atoms with E-state index in [9.17, 15) is 24.4 Å². The Morgan fingerprint density at radius 2 is 2.15 bits per heavy atom. The number of carbonyl (C=O) groups excluding carboxylic acids is 4. The molecule has 0 unspecified atom stereocenters. The molecule has 0 bridgehead atoms. The first-order valence-electron chi connectivity index (χ1n) is 8.50.